The van der Waals surface area contributed by atoms with Crippen molar-refractivity contribution in [2.45, 2.75) is 57.7 Å². The highest BCUT2D eigenvalue weighted by atomic mass is 32.2. The SMILES string of the molecule is CC(C)NS(=O)(=O)NC1CCCCC1N. The van der Waals surface area contributed by atoms with E-state index in [-0.39, 0.29) is 18.1 Å². The molecule has 1 aliphatic rings. The van der Waals surface area contributed by atoms with Crippen molar-refractivity contribution in [3.63, 3.8) is 0 Å². The molecule has 0 saturated heterocycles. The summed E-state index contributed by atoms with van der Waals surface area (Å²) in [5, 5.41) is 0. The standard InChI is InChI=1S/C9H21N3O2S/c1-7(2)11-15(13,14)12-9-6-4-3-5-8(9)10/h7-9,11-12H,3-6,10H2,1-2H3. The van der Waals surface area contributed by atoms with E-state index < -0.39 is 10.2 Å². The summed E-state index contributed by atoms with van der Waals surface area (Å²) < 4.78 is 28.3. The summed E-state index contributed by atoms with van der Waals surface area (Å²) in [6.07, 6.45) is 3.87. The summed E-state index contributed by atoms with van der Waals surface area (Å²) in [5.74, 6) is 0. The lowest BCUT2D eigenvalue weighted by Gasteiger charge is -2.29. The largest absolute Gasteiger partial charge is 0.326 e. The molecule has 0 aromatic rings. The van der Waals surface area contributed by atoms with E-state index in [9.17, 15) is 8.42 Å². The number of nitrogens with one attached hydrogen (secondary N) is 2. The van der Waals surface area contributed by atoms with E-state index in [1.165, 1.54) is 0 Å². The molecule has 4 N–H and O–H groups in total. The van der Waals surface area contributed by atoms with E-state index in [2.05, 4.69) is 9.44 Å². The van der Waals surface area contributed by atoms with E-state index in [0.29, 0.717) is 0 Å². The van der Waals surface area contributed by atoms with Crippen LogP contribution < -0.4 is 15.2 Å². The number of hydrogen-bond donors (Lipinski definition) is 3. The van der Waals surface area contributed by atoms with Gasteiger partial charge < -0.3 is 5.73 Å². The first kappa shape index (κ1) is 12.9. The highest BCUT2D eigenvalue weighted by Gasteiger charge is 2.26. The quantitative estimate of drug-likeness (QED) is 0.645. The molecule has 0 radical (unpaired) electrons. The zero-order chi connectivity index (χ0) is 11.5. The molecule has 1 rings (SSSR count). The summed E-state index contributed by atoms with van der Waals surface area (Å²) in [5.41, 5.74) is 5.86. The van der Waals surface area contributed by atoms with Crippen LogP contribution in [0.4, 0.5) is 0 Å². The highest BCUT2D eigenvalue weighted by molar-refractivity contribution is 7.87. The Morgan fingerprint density at radius 2 is 1.87 bits per heavy atom. The number of hydrogen-bond acceptors (Lipinski definition) is 3. The van der Waals surface area contributed by atoms with Crippen molar-refractivity contribution in [2.24, 2.45) is 5.73 Å². The lowest BCUT2D eigenvalue weighted by Crippen LogP contribution is -2.53. The van der Waals surface area contributed by atoms with E-state index >= 15 is 0 Å². The molecule has 0 aromatic heterocycles. The minimum atomic E-state index is -3.39. The Bertz CT molecular complexity index is 290. The Hall–Kier alpha value is -0.170. The normalized spacial score (nSPS) is 28.3. The van der Waals surface area contributed by atoms with E-state index in [1.54, 1.807) is 13.8 Å². The van der Waals surface area contributed by atoms with Crippen LogP contribution in [0.3, 0.4) is 0 Å². The zero-order valence-corrected chi connectivity index (χ0v) is 10.2. The van der Waals surface area contributed by atoms with Crippen LogP contribution in [0.5, 0.6) is 0 Å². The maximum Gasteiger partial charge on any atom is 0.277 e. The van der Waals surface area contributed by atoms with E-state index in [4.69, 9.17) is 5.73 Å². The highest BCUT2D eigenvalue weighted by Crippen LogP contribution is 2.17. The molecule has 0 heterocycles. The second kappa shape index (κ2) is 5.25. The van der Waals surface area contributed by atoms with Gasteiger partial charge in [-0.25, -0.2) is 0 Å². The van der Waals surface area contributed by atoms with Crippen molar-refractivity contribution in [3.05, 3.63) is 0 Å². The lowest BCUT2D eigenvalue weighted by molar-refractivity contribution is 0.359. The van der Waals surface area contributed by atoms with Crippen LogP contribution in [0.1, 0.15) is 39.5 Å². The second-order valence-electron chi connectivity index (χ2n) is 4.45. The third-order valence-electron chi connectivity index (χ3n) is 2.52. The molecule has 0 aromatic carbocycles. The molecule has 2 atom stereocenters. The van der Waals surface area contributed by atoms with Gasteiger partial charge in [-0.05, 0) is 26.7 Å². The fourth-order valence-electron chi connectivity index (χ4n) is 1.85. The Morgan fingerprint density at radius 1 is 1.27 bits per heavy atom. The molecule has 0 aliphatic heterocycles. The molecule has 5 nitrogen and oxygen atoms in total. The Morgan fingerprint density at radius 3 is 2.40 bits per heavy atom. The van der Waals surface area contributed by atoms with E-state index in [1.807, 2.05) is 0 Å². The Balaban J connectivity index is 2.52. The van der Waals surface area contributed by atoms with E-state index in [0.717, 1.165) is 25.7 Å². The minimum absolute atomic E-state index is 0.0533. The van der Waals surface area contributed by atoms with Gasteiger partial charge in [-0.2, -0.15) is 17.9 Å². The van der Waals surface area contributed by atoms with Gasteiger partial charge in [0.2, 0.25) is 0 Å². The minimum Gasteiger partial charge on any atom is -0.326 e. The zero-order valence-electron chi connectivity index (χ0n) is 9.36. The summed E-state index contributed by atoms with van der Waals surface area (Å²) in [7, 11) is -3.39. The van der Waals surface area contributed by atoms with Crippen molar-refractivity contribution in [1.29, 1.82) is 0 Å². The molecule has 1 aliphatic carbocycles. The molecule has 15 heavy (non-hydrogen) atoms. The molecule has 1 fully saturated rings. The maximum absolute atomic E-state index is 11.6. The summed E-state index contributed by atoms with van der Waals surface area (Å²) in [6.45, 7) is 3.58. The number of nitrogens with two attached hydrogens (primary N) is 1. The van der Waals surface area contributed by atoms with Gasteiger partial charge in [-0.1, -0.05) is 12.8 Å². The Labute approximate surface area is 92.0 Å². The van der Waals surface area contributed by atoms with Crippen LogP contribution in [0.25, 0.3) is 0 Å². The molecular formula is C9H21N3O2S. The first-order chi connectivity index (χ1) is 6.91. The second-order valence-corrected chi connectivity index (χ2v) is 5.93. The predicted molar refractivity (Wildman–Crippen MR) is 60.6 cm³/mol. The first-order valence-corrected chi connectivity index (χ1v) is 6.94. The van der Waals surface area contributed by atoms with Gasteiger partial charge >= 0.3 is 0 Å². The van der Waals surface area contributed by atoms with Gasteiger partial charge in [0, 0.05) is 18.1 Å². The van der Waals surface area contributed by atoms with Crippen LogP contribution in [0.2, 0.25) is 0 Å². The average molecular weight is 235 g/mol. The van der Waals surface area contributed by atoms with Gasteiger partial charge in [0.05, 0.1) is 0 Å². The summed E-state index contributed by atoms with van der Waals surface area (Å²) >= 11 is 0. The molecular weight excluding hydrogens is 214 g/mol. The first-order valence-electron chi connectivity index (χ1n) is 5.46. The Kier molecular flexibility index (Phi) is 4.51. The van der Waals surface area contributed by atoms with Gasteiger partial charge in [0.25, 0.3) is 10.2 Å². The van der Waals surface area contributed by atoms with Gasteiger partial charge in [-0.15, -0.1) is 0 Å². The molecule has 90 valence electrons. The average Bonchev–Trinajstić information content (AvgIpc) is 2.06. The third kappa shape index (κ3) is 4.46. The smallest absolute Gasteiger partial charge is 0.277 e. The maximum atomic E-state index is 11.6. The van der Waals surface area contributed by atoms with Gasteiger partial charge in [-0.3, -0.25) is 0 Å². The van der Waals surface area contributed by atoms with Crippen molar-refractivity contribution in [2.75, 3.05) is 0 Å². The van der Waals surface area contributed by atoms with Crippen LogP contribution in [-0.2, 0) is 10.2 Å². The molecule has 0 spiro atoms. The summed E-state index contributed by atoms with van der Waals surface area (Å²) in [6, 6.07) is -0.264. The summed E-state index contributed by atoms with van der Waals surface area (Å²) in [4.78, 5) is 0. The van der Waals surface area contributed by atoms with Gasteiger partial charge in [0.15, 0.2) is 0 Å². The van der Waals surface area contributed by atoms with Crippen LogP contribution in [0, 0.1) is 0 Å². The van der Waals surface area contributed by atoms with Crippen molar-refractivity contribution >= 4 is 10.2 Å². The lowest BCUT2D eigenvalue weighted by atomic mass is 9.92. The number of rotatable bonds is 4. The van der Waals surface area contributed by atoms with Crippen molar-refractivity contribution in [3.8, 4) is 0 Å². The van der Waals surface area contributed by atoms with Crippen LogP contribution in [-0.4, -0.2) is 26.5 Å². The topological polar surface area (TPSA) is 84.2 Å². The van der Waals surface area contributed by atoms with Crippen LogP contribution in [0.15, 0.2) is 0 Å². The fraction of sp³-hybridized carbons (Fsp3) is 1.00. The third-order valence-corrected chi connectivity index (χ3v) is 3.91. The molecule has 0 amide bonds. The molecule has 6 heteroatoms. The van der Waals surface area contributed by atoms with Crippen molar-refractivity contribution in [1.82, 2.24) is 9.44 Å². The molecule has 1 saturated carbocycles. The molecule has 2 unspecified atom stereocenters. The molecule has 0 bridgehead atoms. The van der Waals surface area contributed by atoms with Gasteiger partial charge in [0.1, 0.15) is 0 Å². The van der Waals surface area contributed by atoms with Crippen LogP contribution >= 0.6 is 0 Å². The van der Waals surface area contributed by atoms with Crippen molar-refractivity contribution < 1.29 is 8.42 Å². The monoisotopic (exact) mass is 235 g/mol. The predicted octanol–water partition coefficient (Wildman–Crippen LogP) is 0.0887. The fourth-order valence-corrected chi connectivity index (χ4v) is 3.23.